The Hall–Kier alpha value is -1.60. The summed E-state index contributed by atoms with van der Waals surface area (Å²) in [4.78, 5) is 0. The number of hydrogen-bond acceptors (Lipinski definition) is 2. The van der Waals surface area contributed by atoms with Gasteiger partial charge in [-0.3, -0.25) is 0 Å². The van der Waals surface area contributed by atoms with Gasteiger partial charge < -0.3 is 11.5 Å². The molecule has 0 aliphatic carbocycles. The molecule has 0 saturated carbocycles. The number of halogens is 6. The second kappa shape index (κ2) is 4.01. The van der Waals surface area contributed by atoms with Crippen molar-refractivity contribution in [2.24, 2.45) is 0 Å². The van der Waals surface area contributed by atoms with Crippen LogP contribution in [0.4, 0.5) is 37.7 Å². The van der Waals surface area contributed by atoms with E-state index >= 15 is 0 Å². The lowest BCUT2D eigenvalue weighted by Crippen LogP contribution is -2.40. The molecule has 96 valence electrons. The predicted octanol–water partition coefficient (Wildman–Crippen LogP) is 3.06. The zero-order valence-electron chi connectivity index (χ0n) is 8.23. The zero-order valence-corrected chi connectivity index (χ0v) is 8.23. The van der Waals surface area contributed by atoms with Crippen molar-refractivity contribution in [1.29, 1.82) is 0 Å². The van der Waals surface area contributed by atoms with E-state index in [1.165, 1.54) is 0 Å². The maximum Gasteiger partial charge on any atom is 0.456 e. The van der Waals surface area contributed by atoms with Gasteiger partial charge in [0.25, 0.3) is 0 Å². The van der Waals surface area contributed by atoms with Crippen molar-refractivity contribution in [1.82, 2.24) is 0 Å². The van der Waals surface area contributed by atoms with Gasteiger partial charge in [-0.05, 0) is 6.07 Å². The first-order valence-corrected chi connectivity index (χ1v) is 4.31. The minimum Gasteiger partial charge on any atom is -0.397 e. The van der Waals surface area contributed by atoms with Crippen LogP contribution in [-0.2, 0) is 0 Å². The zero-order chi connectivity index (χ0) is 13.4. The summed E-state index contributed by atoms with van der Waals surface area (Å²) in [6.45, 7) is 0. The third-order valence-corrected chi connectivity index (χ3v) is 2.14. The molecule has 0 spiro atoms. The number of para-hydroxylation sites is 1. The third-order valence-electron chi connectivity index (χ3n) is 2.14. The molecule has 0 bridgehead atoms. The van der Waals surface area contributed by atoms with Crippen molar-refractivity contribution < 1.29 is 26.3 Å². The van der Waals surface area contributed by atoms with Gasteiger partial charge in [0.1, 0.15) is 0 Å². The fraction of sp³-hybridized carbons (Fsp3) is 0.333. The van der Waals surface area contributed by atoms with Crippen LogP contribution in [0.3, 0.4) is 0 Å². The van der Waals surface area contributed by atoms with Crippen LogP contribution >= 0.6 is 0 Å². The quantitative estimate of drug-likeness (QED) is 0.632. The molecule has 0 aromatic heterocycles. The van der Waals surface area contributed by atoms with E-state index in [1.807, 2.05) is 0 Å². The van der Waals surface area contributed by atoms with Crippen LogP contribution in [0.25, 0.3) is 0 Å². The van der Waals surface area contributed by atoms with Crippen molar-refractivity contribution in [2.45, 2.75) is 18.3 Å². The van der Waals surface area contributed by atoms with Crippen molar-refractivity contribution in [3.63, 3.8) is 0 Å². The average molecular weight is 258 g/mol. The Kier molecular flexibility index (Phi) is 3.17. The van der Waals surface area contributed by atoms with Gasteiger partial charge in [0.2, 0.25) is 0 Å². The fourth-order valence-corrected chi connectivity index (χ4v) is 1.16. The van der Waals surface area contributed by atoms with Crippen molar-refractivity contribution in [3.8, 4) is 0 Å². The smallest absolute Gasteiger partial charge is 0.397 e. The van der Waals surface area contributed by atoms with E-state index in [0.29, 0.717) is 0 Å². The topological polar surface area (TPSA) is 52.0 Å². The predicted molar refractivity (Wildman–Crippen MR) is 50.1 cm³/mol. The number of nitrogens with two attached hydrogens (primary N) is 2. The van der Waals surface area contributed by atoms with Gasteiger partial charge in [0.15, 0.2) is 6.17 Å². The van der Waals surface area contributed by atoms with Crippen molar-refractivity contribution in [2.75, 3.05) is 11.5 Å². The molecular formula is C9H8F6N2. The number of alkyl halides is 6. The Morgan fingerprint density at radius 3 is 2.00 bits per heavy atom. The first kappa shape index (κ1) is 13.5. The Bertz CT molecular complexity index is 414. The molecule has 0 radical (unpaired) electrons. The summed E-state index contributed by atoms with van der Waals surface area (Å²) in [5, 5.41) is 0. The highest BCUT2D eigenvalue weighted by Gasteiger charge is 2.64. The maximum atomic E-state index is 13.2. The molecule has 1 aromatic rings. The summed E-state index contributed by atoms with van der Waals surface area (Å²) >= 11 is 0. The van der Waals surface area contributed by atoms with Gasteiger partial charge in [-0.2, -0.15) is 22.0 Å². The summed E-state index contributed by atoms with van der Waals surface area (Å²) in [6, 6.07) is 2.94. The monoisotopic (exact) mass is 258 g/mol. The van der Waals surface area contributed by atoms with Gasteiger partial charge in [-0.25, -0.2) is 4.39 Å². The highest BCUT2D eigenvalue weighted by Crippen LogP contribution is 2.48. The van der Waals surface area contributed by atoms with Gasteiger partial charge in [-0.1, -0.05) is 12.1 Å². The molecule has 8 heteroatoms. The van der Waals surface area contributed by atoms with Crippen LogP contribution in [-0.4, -0.2) is 12.1 Å². The second-order valence-corrected chi connectivity index (χ2v) is 3.33. The van der Waals surface area contributed by atoms with E-state index in [2.05, 4.69) is 0 Å². The average Bonchev–Trinajstić information content (AvgIpc) is 2.19. The normalized spacial score (nSPS) is 14.7. The standard InChI is InChI=1S/C9H8F6N2/c10-7(8(11,12)9(13,14)15)4-2-1-3-5(16)6(4)17/h1-3,7H,16-17H2. The van der Waals surface area contributed by atoms with Crippen molar-refractivity contribution in [3.05, 3.63) is 23.8 Å². The van der Waals surface area contributed by atoms with Crippen LogP contribution < -0.4 is 11.5 Å². The summed E-state index contributed by atoms with van der Waals surface area (Å²) in [5.41, 5.74) is 8.49. The number of anilines is 2. The van der Waals surface area contributed by atoms with Crippen LogP contribution in [0.2, 0.25) is 0 Å². The molecule has 0 fully saturated rings. The summed E-state index contributed by atoms with van der Waals surface area (Å²) < 4.78 is 74.5. The molecule has 0 aliphatic heterocycles. The summed E-state index contributed by atoms with van der Waals surface area (Å²) in [6.07, 6.45) is -9.59. The Morgan fingerprint density at radius 2 is 1.53 bits per heavy atom. The molecule has 1 unspecified atom stereocenters. The lowest BCUT2D eigenvalue weighted by molar-refractivity contribution is -0.305. The Morgan fingerprint density at radius 1 is 1.00 bits per heavy atom. The first-order valence-electron chi connectivity index (χ1n) is 4.31. The molecule has 1 aromatic carbocycles. The maximum absolute atomic E-state index is 13.2. The van der Waals surface area contributed by atoms with Crippen LogP contribution in [0.5, 0.6) is 0 Å². The van der Waals surface area contributed by atoms with Gasteiger partial charge in [0.05, 0.1) is 11.4 Å². The minimum absolute atomic E-state index is 0.261. The van der Waals surface area contributed by atoms with E-state index < -0.39 is 29.5 Å². The van der Waals surface area contributed by atoms with Gasteiger partial charge in [0, 0.05) is 5.56 Å². The SMILES string of the molecule is Nc1cccc(C(F)C(F)(F)C(F)(F)F)c1N. The molecule has 0 heterocycles. The second-order valence-electron chi connectivity index (χ2n) is 3.33. The molecule has 17 heavy (non-hydrogen) atoms. The van der Waals surface area contributed by atoms with E-state index in [4.69, 9.17) is 11.5 Å². The number of rotatable bonds is 2. The number of nitrogen functional groups attached to an aromatic ring is 2. The molecule has 0 amide bonds. The van der Waals surface area contributed by atoms with E-state index in [9.17, 15) is 26.3 Å². The molecule has 1 rings (SSSR count). The fourth-order valence-electron chi connectivity index (χ4n) is 1.16. The first-order chi connectivity index (χ1) is 7.59. The minimum atomic E-state index is -6.00. The molecule has 4 N–H and O–H groups in total. The van der Waals surface area contributed by atoms with Gasteiger partial charge >= 0.3 is 12.1 Å². The molecule has 0 aliphatic rings. The van der Waals surface area contributed by atoms with Crippen LogP contribution in [0.1, 0.15) is 11.7 Å². The van der Waals surface area contributed by atoms with E-state index in [1.54, 1.807) is 0 Å². The molecule has 2 nitrogen and oxygen atoms in total. The van der Waals surface area contributed by atoms with Crippen LogP contribution in [0.15, 0.2) is 18.2 Å². The Balaban J connectivity index is 3.22. The highest BCUT2D eigenvalue weighted by molar-refractivity contribution is 5.68. The largest absolute Gasteiger partial charge is 0.456 e. The summed E-state index contributed by atoms with van der Waals surface area (Å²) in [5.74, 6) is -5.52. The third kappa shape index (κ3) is 2.25. The lowest BCUT2D eigenvalue weighted by Gasteiger charge is -2.24. The Labute approximate surface area is 92.2 Å². The molecule has 1 atom stereocenters. The summed E-state index contributed by atoms with van der Waals surface area (Å²) in [7, 11) is 0. The van der Waals surface area contributed by atoms with Crippen molar-refractivity contribution >= 4 is 11.4 Å². The highest BCUT2D eigenvalue weighted by atomic mass is 19.4. The van der Waals surface area contributed by atoms with Crippen LogP contribution in [0, 0.1) is 0 Å². The van der Waals surface area contributed by atoms with Gasteiger partial charge in [-0.15, -0.1) is 0 Å². The molecule has 0 saturated heterocycles. The number of benzene rings is 1. The van der Waals surface area contributed by atoms with E-state index in [-0.39, 0.29) is 5.69 Å². The lowest BCUT2D eigenvalue weighted by atomic mass is 10.0. The van der Waals surface area contributed by atoms with E-state index in [0.717, 1.165) is 18.2 Å². The molecular weight excluding hydrogens is 250 g/mol. The number of hydrogen-bond donors (Lipinski definition) is 2.